The summed E-state index contributed by atoms with van der Waals surface area (Å²) >= 11 is 0. The Morgan fingerprint density at radius 1 is 1.00 bits per heavy atom. The van der Waals surface area contributed by atoms with Gasteiger partial charge in [-0.15, -0.1) is 0 Å². The summed E-state index contributed by atoms with van der Waals surface area (Å²) in [6, 6.07) is 10.1. The van der Waals surface area contributed by atoms with Crippen molar-refractivity contribution in [2.75, 3.05) is 0 Å². The first-order valence-electron chi connectivity index (χ1n) is 6.03. The first kappa shape index (κ1) is 14.1. The molecular weight excluding hydrogens is 264 g/mol. The highest BCUT2D eigenvalue weighted by Crippen LogP contribution is 2.11. The van der Waals surface area contributed by atoms with Crippen LogP contribution < -0.4 is 5.32 Å². The summed E-state index contributed by atoms with van der Waals surface area (Å²) in [5.74, 6) is -2.33. The molecule has 0 atom stereocenters. The lowest BCUT2D eigenvalue weighted by atomic mass is 10.1. The van der Waals surface area contributed by atoms with Crippen LogP contribution in [0.25, 0.3) is 0 Å². The average Bonchev–Trinajstić information content (AvgIpc) is 2.41. The van der Waals surface area contributed by atoms with Gasteiger partial charge in [0.15, 0.2) is 0 Å². The molecule has 0 aromatic heterocycles. The van der Waals surface area contributed by atoms with Gasteiger partial charge in [-0.05, 0) is 35.4 Å². The lowest BCUT2D eigenvalue weighted by Gasteiger charge is -2.06. The molecule has 0 aliphatic carbocycles. The Labute approximate surface area is 114 Å². The van der Waals surface area contributed by atoms with Gasteiger partial charge in [-0.2, -0.15) is 0 Å². The van der Waals surface area contributed by atoms with E-state index in [0.29, 0.717) is 18.7 Å². The fourth-order valence-corrected chi connectivity index (χ4v) is 1.80. The Morgan fingerprint density at radius 3 is 2.20 bits per heavy atom. The van der Waals surface area contributed by atoms with Crippen molar-refractivity contribution < 1.29 is 18.7 Å². The molecule has 2 aromatic carbocycles. The second-order valence-corrected chi connectivity index (χ2v) is 4.35. The van der Waals surface area contributed by atoms with Crippen LogP contribution in [0.2, 0.25) is 0 Å². The Balaban J connectivity index is 1.92. The van der Waals surface area contributed by atoms with Crippen molar-refractivity contribution in [3.8, 4) is 0 Å². The third kappa shape index (κ3) is 3.61. The Morgan fingerprint density at radius 2 is 1.60 bits per heavy atom. The number of halogens is 2. The number of hydrogen-bond acceptors (Lipinski definition) is 2. The maximum absolute atomic E-state index is 13.4. The van der Waals surface area contributed by atoms with E-state index in [2.05, 4.69) is 5.32 Å². The van der Waals surface area contributed by atoms with E-state index in [1.807, 2.05) is 0 Å². The Bertz CT molecular complexity index is 612. The second kappa shape index (κ2) is 6.25. The van der Waals surface area contributed by atoms with Gasteiger partial charge in [-0.25, -0.2) is 13.6 Å². The van der Waals surface area contributed by atoms with Crippen LogP contribution in [0.1, 0.15) is 21.5 Å². The standard InChI is InChI=1S/C15H13F2NO2/c16-12-4-1-10(2-5-12)8-18-9-11-3-6-13(15(19)20)14(17)7-11/h1-7,18H,8-9H2,(H,19,20). The molecule has 0 radical (unpaired) electrons. The number of nitrogens with one attached hydrogen (secondary N) is 1. The van der Waals surface area contributed by atoms with E-state index in [9.17, 15) is 13.6 Å². The van der Waals surface area contributed by atoms with Crippen LogP contribution in [0.5, 0.6) is 0 Å². The molecule has 0 unspecified atom stereocenters. The smallest absolute Gasteiger partial charge is 0.338 e. The predicted octanol–water partition coefficient (Wildman–Crippen LogP) is 2.95. The second-order valence-electron chi connectivity index (χ2n) is 4.35. The van der Waals surface area contributed by atoms with E-state index in [1.54, 1.807) is 18.2 Å². The molecule has 5 heteroatoms. The van der Waals surface area contributed by atoms with Crippen LogP contribution in [-0.4, -0.2) is 11.1 Å². The molecule has 2 aromatic rings. The minimum absolute atomic E-state index is 0.292. The van der Waals surface area contributed by atoms with Gasteiger partial charge in [0.1, 0.15) is 11.6 Å². The van der Waals surface area contributed by atoms with Crippen LogP contribution in [0, 0.1) is 11.6 Å². The topological polar surface area (TPSA) is 49.3 Å². The molecule has 0 heterocycles. The molecule has 0 spiro atoms. The lowest BCUT2D eigenvalue weighted by Crippen LogP contribution is -2.13. The molecule has 20 heavy (non-hydrogen) atoms. The molecular formula is C15H13F2NO2. The maximum atomic E-state index is 13.4. The van der Waals surface area contributed by atoms with E-state index < -0.39 is 11.8 Å². The van der Waals surface area contributed by atoms with Crippen molar-refractivity contribution >= 4 is 5.97 Å². The summed E-state index contributed by atoms with van der Waals surface area (Å²) in [7, 11) is 0. The number of carboxylic acids is 1. The van der Waals surface area contributed by atoms with E-state index in [-0.39, 0.29) is 11.4 Å². The fourth-order valence-electron chi connectivity index (χ4n) is 1.80. The summed E-state index contributed by atoms with van der Waals surface area (Å²) in [5.41, 5.74) is 1.22. The number of aromatic carboxylic acids is 1. The van der Waals surface area contributed by atoms with E-state index >= 15 is 0 Å². The van der Waals surface area contributed by atoms with Gasteiger partial charge < -0.3 is 10.4 Å². The van der Waals surface area contributed by atoms with Crippen LogP contribution >= 0.6 is 0 Å². The molecule has 104 valence electrons. The molecule has 0 amide bonds. The summed E-state index contributed by atoms with van der Waals surface area (Å²) < 4.78 is 26.2. The zero-order valence-corrected chi connectivity index (χ0v) is 10.6. The highest BCUT2D eigenvalue weighted by atomic mass is 19.1. The molecule has 0 bridgehead atoms. The third-order valence-electron chi connectivity index (χ3n) is 2.84. The van der Waals surface area contributed by atoms with Crippen LogP contribution in [0.15, 0.2) is 42.5 Å². The predicted molar refractivity (Wildman–Crippen MR) is 70.3 cm³/mol. The van der Waals surface area contributed by atoms with Gasteiger partial charge in [0.25, 0.3) is 0 Å². The average molecular weight is 277 g/mol. The number of carbonyl (C=O) groups is 1. The highest BCUT2D eigenvalue weighted by Gasteiger charge is 2.09. The van der Waals surface area contributed by atoms with Gasteiger partial charge >= 0.3 is 5.97 Å². The first-order chi connectivity index (χ1) is 9.56. The van der Waals surface area contributed by atoms with Crippen molar-refractivity contribution in [3.05, 3.63) is 70.8 Å². The van der Waals surface area contributed by atoms with E-state index in [1.165, 1.54) is 24.3 Å². The molecule has 0 aliphatic heterocycles. The quantitative estimate of drug-likeness (QED) is 0.883. The van der Waals surface area contributed by atoms with Crippen LogP contribution in [-0.2, 0) is 13.1 Å². The minimum atomic E-state index is -1.28. The monoisotopic (exact) mass is 277 g/mol. The van der Waals surface area contributed by atoms with Gasteiger partial charge in [0, 0.05) is 13.1 Å². The fraction of sp³-hybridized carbons (Fsp3) is 0.133. The number of rotatable bonds is 5. The zero-order valence-electron chi connectivity index (χ0n) is 10.6. The van der Waals surface area contributed by atoms with Crippen LogP contribution in [0.4, 0.5) is 8.78 Å². The SMILES string of the molecule is O=C(O)c1ccc(CNCc2ccc(F)cc2)cc1F. The molecule has 2 N–H and O–H groups in total. The van der Waals surface area contributed by atoms with E-state index in [0.717, 1.165) is 5.56 Å². The van der Waals surface area contributed by atoms with Crippen molar-refractivity contribution in [3.63, 3.8) is 0 Å². The van der Waals surface area contributed by atoms with Crippen molar-refractivity contribution in [2.45, 2.75) is 13.1 Å². The van der Waals surface area contributed by atoms with Crippen molar-refractivity contribution in [1.82, 2.24) is 5.32 Å². The minimum Gasteiger partial charge on any atom is -0.478 e. The van der Waals surface area contributed by atoms with Crippen LogP contribution in [0.3, 0.4) is 0 Å². The summed E-state index contributed by atoms with van der Waals surface area (Å²) in [4.78, 5) is 10.7. The maximum Gasteiger partial charge on any atom is 0.338 e. The summed E-state index contributed by atoms with van der Waals surface area (Å²) in [6.07, 6.45) is 0. The number of hydrogen-bond donors (Lipinski definition) is 2. The normalized spacial score (nSPS) is 10.5. The van der Waals surface area contributed by atoms with Gasteiger partial charge in [-0.3, -0.25) is 0 Å². The van der Waals surface area contributed by atoms with Crippen molar-refractivity contribution in [2.24, 2.45) is 0 Å². The highest BCUT2D eigenvalue weighted by molar-refractivity contribution is 5.87. The number of carboxylic acid groups (broad SMARTS) is 1. The first-order valence-corrected chi connectivity index (χ1v) is 6.03. The zero-order chi connectivity index (χ0) is 14.5. The molecule has 2 rings (SSSR count). The largest absolute Gasteiger partial charge is 0.478 e. The lowest BCUT2D eigenvalue weighted by molar-refractivity contribution is 0.0692. The molecule has 3 nitrogen and oxygen atoms in total. The Hall–Kier alpha value is -2.27. The molecule has 0 saturated carbocycles. The van der Waals surface area contributed by atoms with Gasteiger partial charge in [0.2, 0.25) is 0 Å². The Kier molecular flexibility index (Phi) is 4.42. The van der Waals surface area contributed by atoms with Gasteiger partial charge in [-0.1, -0.05) is 18.2 Å². The molecule has 0 fully saturated rings. The molecule has 0 aliphatic rings. The van der Waals surface area contributed by atoms with E-state index in [4.69, 9.17) is 5.11 Å². The molecule has 0 saturated heterocycles. The third-order valence-corrected chi connectivity index (χ3v) is 2.84. The number of benzene rings is 2. The summed E-state index contributed by atoms with van der Waals surface area (Å²) in [6.45, 7) is 0.913. The summed E-state index contributed by atoms with van der Waals surface area (Å²) in [5, 5.41) is 11.8. The van der Waals surface area contributed by atoms with Gasteiger partial charge in [0.05, 0.1) is 5.56 Å². The van der Waals surface area contributed by atoms with Crippen molar-refractivity contribution in [1.29, 1.82) is 0 Å².